The highest BCUT2D eigenvalue weighted by atomic mass is 32.1. The molecular weight excluding hydrogens is 378 g/mol. The average Bonchev–Trinajstić information content (AvgIpc) is 3.22. The van der Waals surface area contributed by atoms with Crippen LogP contribution in [0.1, 0.15) is 35.8 Å². The van der Waals surface area contributed by atoms with Crippen LogP contribution < -0.4 is 16.6 Å². The molecule has 0 bridgehead atoms. The van der Waals surface area contributed by atoms with Gasteiger partial charge in [-0.25, -0.2) is 9.78 Å². The van der Waals surface area contributed by atoms with Crippen molar-refractivity contribution in [3.63, 3.8) is 0 Å². The van der Waals surface area contributed by atoms with Gasteiger partial charge in [0.25, 0.3) is 5.91 Å². The molecular formula is C19H23N5O3S. The van der Waals surface area contributed by atoms with Crippen molar-refractivity contribution in [3.05, 3.63) is 40.9 Å². The van der Waals surface area contributed by atoms with E-state index in [2.05, 4.69) is 22.8 Å². The minimum Gasteiger partial charge on any atom is -0.351 e. The molecule has 4 N–H and O–H groups in total. The van der Waals surface area contributed by atoms with Crippen molar-refractivity contribution in [1.82, 2.24) is 20.7 Å². The van der Waals surface area contributed by atoms with Gasteiger partial charge in [-0.15, -0.1) is 11.3 Å². The molecule has 1 aromatic heterocycles. The summed E-state index contributed by atoms with van der Waals surface area (Å²) in [6.45, 7) is 2.89. The minimum atomic E-state index is -0.538. The van der Waals surface area contributed by atoms with Crippen LogP contribution in [-0.4, -0.2) is 40.8 Å². The van der Waals surface area contributed by atoms with Crippen LogP contribution in [-0.2, 0) is 11.2 Å². The van der Waals surface area contributed by atoms with E-state index in [0.29, 0.717) is 19.4 Å². The fraction of sp³-hybridized carbons (Fsp3) is 0.368. The molecule has 1 aromatic carbocycles. The molecule has 1 aliphatic heterocycles. The van der Waals surface area contributed by atoms with Crippen molar-refractivity contribution in [2.24, 2.45) is 11.7 Å². The number of nitrogens with zero attached hydrogens (tertiary/aromatic N) is 2. The van der Waals surface area contributed by atoms with Crippen LogP contribution in [0.25, 0.3) is 10.6 Å². The summed E-state index contributed by atoms with van der Waals surface area (Å²) in [5.41, 5.74) is 12.5. The number of aromatic nitrogens is 1. The second-order valence-electron chi connectivity index (χ2n) is 6.66. The van der Waals surface area contributed by atoms with Gasteiger partial charge in [-0.05, 0) is 24.8 Å². The van der Waals surface area contributed by atoms with E-state index in [1.807, 2.05) is 24.3 Å². The Balaban J connectivity index is 1.55. The van der Waals surface area contributed by atoms with E-state index in [1.165, 1.54) is 21.8 Å². The predicted molar refractivity (Wildman–Crippen MR) is 106 cm³/mol. The molecule has 1 saturated heterocycles. The Morgan fingerprint density at radius 2 is 2.00 bits per heavy atom. The summed E-state index contributed by atoms with van der Waals surface area (Å²) >= 11 is 1.37. The quantitative estimate of drug-likeness (QED) is 0.679. The van der Waals surface area contributed by atoms with E-state index in [4.69, 9.17) is 5.73 Å². The van der Waals surface area contributed by atoms with Crippen LogP contribution in [0.3, 0.4) is 0 Å². The molecule has 0 unspecified atom stereocenters. The Labute approximate surface area is 167 Å². The summed E-state index contributed by atoms with van der Waals surface area (Å²) in [6.07, 6.45) is 2.30. The molecule has 3 rings (SSSR count). The number of primary amides is 1. The number of hydrogen-bond donors (Lipinski definition) is 3. The molecule has 1 aliphatic rings. The van der Waals surface area contributed by atoms with Gasteiger partial charge in [0.2, 0.25) is 5.91 Å². The van der Waals surface area contributed by atoms with Gasteiger partial charge in [-0.1, -0.05) is 31.2 Å². The Hall–Kier alpha value is -2.94. The van der Waals surface area contributed by atoms with Crippen molar-refractivity contribution in [3.8, 4) is 10.6 Å². The Bertz CT molecular complexity index is 865. The Morgan fingerprint density at radius 1 is 1.25 bits per heavy atom. The predicted octanol–water partition coefficient (Wildman–Crippen LogP) is 1.92. The maximum atomic E-state index is 12.3. The number of benzene rings is 1. The van der Waals surface area contributed by atoms with E-state index >= 15 is 0 Å². The highest BCUT2D eigenvalue weighted by Crippen LogP contribution is 2.24. The van der Waals surface area contributed by atoms with Gasteiger partial charge in [0.15, 0.2) is 0 Å². The number of nitrogens with two attached hydrogens (primary N) is 1. The molecule has 4 amide bonds. The maximum Gasteiger partial charge on any atom is 0.314 e. The molecule has 1 fully saturated rings. The van der Waals surface area contributed by atoms with Crippen molar-refractivity contribution in [2.75, 3.05) is 13.1 Å². The van der Waals surface area contributed by atoms with Crippen molar-refractivity contribution in [1.29, 1.82) is 0 Å². The van der Waals surface area contributed by atoms with Crippen LogP contribution >= 0.6 is 11.3 Å². The number of likely N-dealkylation sites (tertiary alicyclic amines) is 1. The lowest BCUT2D eigenvalue weighted by molar-refractivity contribution is -0.127. The van der Waals surface area contributed by atoms with Gasteiger partial charge in [-0.3, -0.25) is 20.4 Å². The molecule has 0 radical (unpaired) electrons. The number of carbonyl (C=O) groups excluding carboxylic acids is 3. The molecule has 0 aliphatic carbocycles. The van der Waals surface area contributed by atoms with Crippen molar-refractivity contribution >= 4 is 29.2 Å². The molecule has 8 nitrogen and oxygen atoms in total. The Morgan fingerprint density at radius 3 is 2.68 bits per heavy atom. The lowest BCUT2D eigenvalue weighted by Crippen LogP contribution is -2.51. The van der Waals surface area contributed by atoms with Crippen LogP contribution in [0.5, 0.6) is 0 Å². The van der Waals surface area contributed by atoms with Crippen molar-refractivity contribution in [2.45, 2.75) is 26.2 Å². The summed E-state index contributed by atoms with van der Waals surface area (Å²) in [4.78, 5) is 41.6. The van der Waals surface area contributed by atoms with Crippen LogP contribution in [0.2, 0.25) is 0 Å². The second-order valence-corrected chi connectivity index (χ2v) is 7.51. The fourth-order valence-corrected chi connectivity index (χ4v) is 3.88. The molecule has 2 aromatic rings. The molecule has 0 saturated carbocycles. The third-order valence-electron chi connectivity index (χ3n) is 4.75. The first-order valence-electron chi connectivity index (χ1n) is 9.17. The number of urea groups is 1. The lowest BCUT2D eigenvalue weighted by Gasteiger charge is -2.30. The Kier molecular flexibility index (Phi) is 6.25. The summed E-state index contributed by atoms with van der Waals surface area (Å²) in [6, 6.07) is 7.50. The van der Waals surface area contributed by atoms with Crippen LogP contribution in [0.15, 0.2) is 29.6 Å². The van der Waals surface area contributed by atoms with Gasteiger partial charge >= 0.3 is 6.03 Å². The normalized spacial score (nSPS) is 16.5. The maximum absolute atomic E-state index is 12.3. The second kappa shape index (κ2) is 8.83. The number of hydrogen-bond acceptors (Lipinski definition) is 5. The fourth-order valence-electron chi connectivity index (χ4n) is 3.07. The van der Waals surface area contributed by atoms with E-state index in [0.717, 1.165) is 17.0 Å². The average molecular weight is 401 g/mol. The highest BCUT2D eigenvalue weighted by Gasteiger charge is 2.27. The SMILES string of the molecule is CCc1ccc(-c2nc(C(=O)NNC(=O)[C@@H]3CCCN(C(N)=O)C3)cs2)cc1. The summed E-state index contributed by atoms with van der Waals surface area (Å²) in [7, 11) is 0. The number of piperidine rings is 1. The number of thiazole rings is 1. The third-order valence-corrected chi connectivity index (χ3v) is 5.64. The van der Waals surface area contributed by atoms with Gasteiger partial charge in [-0.2, -0.15) is 0 Å². The monoisotopic (exact) mass is 401 g/mol. The zero-order valence-corrected chi connectivity index (χ0v) is 16.4. The molecule has 1 atom stereocenters. The van der Waals surface area contributed by atoms with Gasteiger partial charge in [0.1, 0.15) is 10.7 Å². The number of nitrogens with one attached hydrogen (secondary N) is 2. The first-order valence-corrected chi connectivity index (χ1v) is 10.0. The molecule has 28 heavy (non-hydrogen) atoms. The first-order chi connectivity index (χ1) is 13.5. The summed E-state index contributed by atoms with van der Waals surface area (Å²) < 4.78 is 0. The van der Waals surface area contributed by atoms with E-state index in [-0.39, 0.29) is 18.1 Å². The first kappa shape index (κ1) is 19.8. The number of hydrazine groups is 1. The van der Waals surface area contributed by atoms with E-state index in [1.54, 1.807) is 5.38 Å². The summed E-state index contributed by atoms with van der Waals surface area (Å²) in [5, 5.41) is 2.39. The van der Waals surface area contributed by atoms with Crippen LogP contribution in [0.4, 0.5) is 4.79 Å². The molecule has 148 valence electrons. The third kappa shape index (κ3) is 4.66. The van der Waals surface area contributed by atoms with E-state index < -0.39 is 17.9 Å². The number of aryl methyl sites for hydroxylation is 1. The van der Waals surface area contributed by atoms with Crippen molar-refractivity contribution < 1.29 is 14.4 Å². The largest absolute Gasteiger partial charge is 0.351 e. The van der Waals surface area contributed by atoms with Gasteiger partial charge in [0, 0.05) is 24.0 Å². The number of carbonyl (C=O) groups is 3. The van der Waals surface area contributed by atoms with Gasteiger partial charge in [0.05, 0.1) is 5.92 Å². The topological polar surface area (TPSA) is 117 Å². The smallest absolute Gasteiger partial charge is 0.314 e. The molecule has 0 spiro atoms. The minimum absolute atomic E-state index is 0.238. The van der Waals surface area contributed by atoms with Crippen LogP contribution in [0, 0.1) is 5.92 Å². The highest BCUT2D eigenvalue weighted by molar-refractivity contribution is 7.13. The number of amides is 4. The lowest BCUT2D eigenvalue weighted by atomic mass is 9.98. The number of rotatable bonds is 4. The molecule has 9 heteroatoms. The zero-order valence-electron chi connectivity index (χ0n) is 15.6. The zero-order chi connectivity index (χ0) is 20.1. The molecule has 2 heterocycles. The summed E-state index contributed by atoms with van der Waals surface area (Å²) in [5.74, 6) is -1.22. The van der Waals surface area contributed by atoms with E-state index in [9.17, 15) is 14.4 Å². The standard InChI is InChI=1S/C19H23N5O3S/c1-2-12-5-7-13(8-6-12)18-21-15(11-28-18)17(26)23-22-16(25)14-4-3-9-24(10-14)19(20)27/h5-8,11,14H,2-4,9-10H2,1H3,(H2,20,27)(H,22,25)(H,23,26)/t14-/m1/s1. The van der Waals surface area contributed by atoms with Gasteiger partial charge < -0.3 is 10.6 Å².